The first-order valence-corrected chi connectivity index (χ1v) is 18.8. The lowest BCUT2D eigenvalue weighted by molar-refractivity contribution is -0.0658. The largest absolute Gasteiger partial charge is 0.379 e. The summed E-state index contributed by atoms with van der Waals surface area (Å²) in [5.41, 5.74) is 3.10. The Kier molecular flexibility index (Phi) is 16.2. The highest BCUT2D eigenvalue weighted by atomic mass is 16.5. The normalized spacial score (nSPS) is 20.6. The number of nitrogens with zero attached hydrogens (tertiary/aromatic N) is 6. The first-order chi connectivity index (χ1) is 24.4. The van der Waals surface area contributed by atoms with E-state index in [0.717, 1.165) is 81.9 Å². The predicted molar refractivity (Wildman–Crippen MR) is 205 cm³/mol. The van der Waals surface area contributed by atoms with Crippen LogP contribution in [-0.2, 0) is 14.2 Å². The van der Waals surface area contributed by atoms with Crippen molar-refractivity contribution in [1.82, 2.24) is 25.2 Å². The zero-order valence-corrected chi connectivity index (χ0v) is 31.7. The van der Waals surface area contributed by atoms with Gasteiger partial charge in [-0.1, -0.05) is 40.2 Å². The van der Waals surface area contributed by atoms with Gasteiger partial charge in [-0.3, -0.25) is 0 Å². The van der Waals surface area contributed by atoms with E-state index >= 15 is 0 Å². The van der Waals surface area contributed by atoms with Crippen LogP contribution in [0.5, 0.6) is 0 Å². The van der Waals surface area contributed by atoms with Crippen LogP contribution in [0, 0.1) is 0 Å². The first kappa shape index (κ1) is 39.4. The minimum absolute atomic E-state index is 0.188. The molecule has 11 heteroatoms. The average Bonchev–Trinajstić information content (AvgIpc) is 3.48. The van der Waals surface area contributed by atoms with E-state index in [2.05, 4.69) is 94.3 Å². The molecule has 0 aliphatic carbocycles. The van der Waals surface area contributed by atoms with Crippen molar-refractivity contribution in [2.24, 2.45) is 0 Å². The van der Waals surface area contributed by atoms with Gasteiger partial charge >= 0.3 is 0 Å². The second kappa shape index (κ2) is 20.5. The number of ether oxygens (including phenoxy) is 3. The van der Waals surface area contributed by atoms with Gasteiger partial charge in [-0.25, -0.2) is 9.97 Å². The fourth-order valence-electron chi connectivity index (χ4n) is 6.34. The average molecular weight is 691 g/mol. The molecule has 7 rings (SSSR count). The number of morpholine rings is 2. The number of fused-ring (bicyclic) bond motifs is 3. The van der Waals surface area contributed by atoms with Crippen molar-refractivity contribution >= 4 is 29.0 Å². The first-order valence-electron chi connectivity index (χ1n) is 18.8. The highest BCUT2D eigenvalue weighted by Gasteiger charge is 2.47. The van der Waals surface area contributed by atoms with Gasteiger partial charge in [-0.2, -0.15) is 4.98 Å². The monoisotopic (exact) mass is 690 g/mol. The maximum Gasteiger partial charge on any atom is 0.229 e. The smallest absolute Gasteiger partial charge is 0.229 e. The van der Waals surface area contributed by atoms with Gasteiger partial charge in [0.2, 0.25) is 5.95 Å². The number of anilines is 5. The van der Waals surface area contributed by atoms with Gasteiger partial charge in [-0.05, 0) is 83.2 Å². The minimum Gasteiger partial charge on any atom is -0.379 e. The van der Waals surface area contributed by atoms with Crippen molar-refractivity contribution in [1.29, 1.82) is 0 Å². The third-order valence-electron chi connectivity index (χ3n) is 9.25. The number of hydrogen-bond donors (Lipinski definition) is 2. The summed E-state index contributed by atoms with van der Waals surface area (Å²) in [4.78, 5) is 21.2. The molecule has 0 saturated carbocycles. The zero-order valence-electron chi connectivity index (χ0n) is 31.7. The third-order valence-corrected chi connectivity index (χ3v) is 9.25. The van der Waals surface area contributed by atoms with Crippen LogP contribution in [0.2, 0.25) is 0 Å². The van der Waals surface area contributed by atoms with Gasteiger partial charge in [0.25, 0.3) is 0 Å². The molecular formula is C39H62N8O3. The van der Waals surface area contributed by atoms with Crippen LogP contribution >= 0.6 is 0 Å². The van der Waals surface area contributed by atoms with Crippen molar-refractivity contribution < 1.29 is 14.2 Å². The predicted octanol–water partition coefficient (Wildman–Crippen LogP) is 6.63. The van der Waals surface area contributed by atoms with Gasteiger partial charge in [-0.15, -0.1) is 0 Å². The Bertz CT molecular complexity index is 1360. The maximum absolute atomic E-state index is 6.18. The van der Waals surface area contributed by atoms with E-state index in [1.54, 1.807) is 0 Å². The van der Waals surface area contributed by atoms with Crippen molar-refractivity contribution in [3.05, 3.63) is 60.4 Å². The van der Waals surface area contributed by atoms with E-state index in [9.17, 15) is 0 Å². The Hall–Kier alpha value is -3.35. The third kappa shape index (κ3) is 11.3. The second-order valence-electron chi connectivity index (χ2n) is 13.4. The SMILES string of the molecule is C1COCCN1.CC.CC1(C)CC2C(CO1)c1cnc(Nc3ccc(N4CCOCC4)cc3)nc1N2c1ccccn1.CCCCN(C)CC. The summed E-state index contributed by atoms with van der Waals surface area (Å²) in [6.07, 6.45) is 7.34. The van der Waals surface area contributed by atoms with Crippen LogP contribution in [0.25, 0.3) is 0 Å². The Morgan fingerprint density at radius 3 is 2.28 bits per heavy atom. The number of rotatable bonds is 8. The van der Waals surface area contributed by atoms with Gasteiger partial charge < -0.3 is 39.5 Å². The van der Waals surface area contributed by atoms with Crippen LogP contribution < -0.4 is 20.4 Å². The Labute approximate surface area is 301 Å². The van der Waals surface area contributed by atoms with Crippen LogP contribution in [0.4, 0.5) is 29.0 Å². The molecule has 2 unspecified atom stereocenters. The standard InChI is InChI=1S/C26H30N6O2.C7H17N.C4H9NO.C2H6/c1-26(2)15-22-21(17-34-26)20-16-28-25(30-24(20)32(22)23-5-3-4-10-27-23)29-18-6-8-19(9-7-18)31-11-13-33-14-12-31;1-4-6-7-8(3)5-2;1-3-6-4-2-5-1;1-2/h3-10,16,21-22H,11-15,17H2,1-2H3,(H,28,29,30);4-7H2,1-3H3;5H,1-4H2;1-2H3. The lowest BCUT2D eigenvalue weighted by atomic mass is 9.85. The summed E-state index contributed by atoms with van der Waals surface area (Å²) < 4.78 is 16.6. The quantitative estimate of drug-likeness (QED) is 0.267. The van der Waals surface area contributed by atoms with Gasteiger partial charge in [0.05, 0.1) is 38.6 Å². The summed E-state index contributed by atoms with van der Waals surface area (Å²) >= 11 is 0. The van der Waals surface area contributed by atoms with E-state index in [-0.39, 0.29) is 17.6 Å². The summed E-state index contributed by atoms with van der Waals surface area (Å²) in [5, 5.41) is 6.55. The molecule has 0 spiro atoms. The van der Waals surface area contributed by atoms with Crippen molar-refractivity contribution in [3.8, 4) is 0 Å². The van der Waals surface area contributed by atoms with E-state index < -0.39 is 0 Å². The number of nitrogens with one attached hydrogen (secondary N) is 2. The van der Waals surface area contributed by atoms with Gasteiger partial charge in [0, 0.05) is 67.5 Å². The number of hydrogen-bond acceptors (Lipinski definition) is 11. The van der Waals surface area contributed by atoms with E-state index in [1.165, 1.54) is 31.6 Å². The molecule has 4 aliphatic rings. The van der Waals surface area contributed by atoms with Crippen LogP contribution in [-0.4, -0.2) is 111 Å². The molecule has 3 fully saturated rings. The Morgan fingerprint density at radius 1 is 0.960 bits per heavy atom. The number of pyridine rings is 1. The molecule has 1 aromatic carbocycles. The molecule has 11 nitrogen and oxygen atoms in total. The van der Waals surface area contributed by atoms with Crippen LogP contribution in [0.1, 0.15) is 72.3 Å². The Balaban J connectivity index is 0.000000293. The molecule has 3 aromatic rings. The second-order valence-corrected chi connectivity index (χ2v) is 13.4. The summed E-state index contributed by atoms with van der Waals surface area (Å²) in [6.45, 7) is 23.1. The molecule has 3 saturated heterocycles. The molecule has 0 amide bonds. The molecule has 276 valence electrons. The van der Waals surface area contributed by atoms with Crippen molar-refractivity contribution in [3.63, 3.8) is 0 Å². The van der Waals surface area contributed by atoms with E-state index in [4.69, 9.17) is 19.2 Å². The topological polar surface area (TPSA) is 100 Å². The van der Waals surface area contributed by atoms with Gasteiger partial charge in [0.1, 0.15) is 11.6 Å². The molecular weight excluding hydrogens is 628 g/mol. The molecule has 0 radical (unpaired) electrons. The minimum atomic E-state index is -0.188. The van der Waals surface area contributed by atoms with Crippen LogP contribution in [0.3, 0.4) is 0 Å². The molecule has 0 bridgehead atoms. The van der Waals surface area contributed by atoms with E-state index in [0.29, 0.717) is 12.6 Å². The number of unbranched alkanes of at least 4 members (excludes halogenated alkanes) is 1. The molecule has 6 heterocycles. The highest BCUT2D eigenvalue weighted by molar-refractivity contribution is 5.69. The lowest BCUT2D eigenvalue weighted by Crippen LogP contribution is -2.45. The van der Waals surface area contributed by atoms with Crippen molar-refractivity contribution in [2.75, 3.05) is 94.5 Å². The molecule has 2 aromatic heterocycles. The number of aromatic nitrogens is 3. The van der Waals surface area contributed by atoms with Crippen molar-refractivity contribution in [2.45, 2.75) is 78.4 Å². The van der Waals surface area contributed by atoms with E-state index in [1.807, 2.05) is 44.4 Å². The zero-order chi connectivity index (χ0) is 35.8. The molecule has 2 N–H and O–H groups in total. The molecule has 4 aliphatic heterocycles. The number of benzene rings is 1. The molecule has 50 heavy (non-hydrogen) atoms. The highest BCUT2D eigenvalue weighted by Crippen LogP contribution is 2.49. The Morgan fingerprint density at radius 2 is 1.68 bits per heavy atom. The fraction of sp³-hybridized carbons (Fsp3) is 0.615. The summed E-state index contributed by atoms with van der Waals surface area (Å²) in [5.74, 6) is 2.63. The summed E-state index contributed by atoms with van der Waals surface area (Å²) in [6, 6.07) is 14.7. The lowest BCUT2D eigenvalue weighted by Gasteiger charge is -2.40. The molecule has 2 atom stereocenters. The van der Waals surface area contributed by atoms with Crippen LogP contribution in [0.15, 0.2) is 54.9 Å². The van der Waals surface area contributed by atoms with Gasteiger partial charge in [0.15, 0.2) is 0 Å². The fourth-order valence-corrected chi connectivity index (χ4v) is 6.34. The maximum atomic E-state index is 6.18. The summed E-state index contributed by atoms with van der Waals surface area (Å²) in [7, 11) is 2.16.